The van der Waals surface area contributed by atoms with E-state index in [9.17, 15) is 4.79 Å². The SMILES string of the molecule is Nc1nc2c(c(=O)n1-c1ccccc1)NCN2CCCCO. The Balaban J connectivity index is 1.97. The third kappa shape index (κ3) is 2.50. The molecule has 0 saturated carbocycles. The molecule has 1 aromatic carbocycles. The number of aliphatic hydroxyl groups excluding tert-OH is 1. The molecule has 0 atom stereocenters. The standard InChI is InChI=1S/C15H19N5O2/c16-15-18-13-12(17-10-19(13)8-4-5-9-21)14(22)20(15)11-6-2-1-3-7-11/h1-3,6-7,17,21H,4-5,8-10H2,(H2,16,18). The normalized spacial score (nSPS) is 13.0. The van der Waals surface area contributed by atoms with Gasteiger partial charge in [0.05, 0.1) is 12.4 Å². The van der Waals surface area contributed by atoms with Crippen LogP contribution < -0.4 is 21.5 Å². The first-order valence-electron chi connectivity index (χ1n) is 7.30. The van der Waals surface area contributed by atoms with E-state index in [1.165, 1.54) is 4.57 Å². The maximum atomic E-state index is 12.7. The smallest absolute Gasteiger partial charge is 0.285 e. The van der Waals surface area contributed by atoms with Crippen LogP contribution in [0.2, 0.25) is 0 Å². The Hall–Kier alpha value is -2.54. The van der Waals surface area contributed by atoms with Crippen LogP contribution in [0.4, 0.5) is 17.5 Å². The summed E-state index contributed by atoms with van der Waals surface area (Å²) in [5, 5.41) is 12.0. The fraction of sp³-hybridized carbons (Fsp3) is 0.333. The summed E-state index contributed by atoms with van der Waals surface area (Å²) in [6, 6.07) is 9.22. The van der Waals surface area contributed by atoms with Gasteiger partial charge >= 0.3 is 0 Å². The molecule has 116 valence electrons. The number of aliphatic hydroxyl groups is 1. The molecule has 1 aliphatic rings. The van der Waals surface area contributed by atoms with Gasteiger partial charge in [0.15, 0.2) is 5.82 Å². The lowest BCUT2D eigenvalue weighted by Gasteiger charge is -2.17. The van der Waals surface area contributed by atoms with Crippen molar-refractivity contribution in [3.05, 3.63) is 40.7 Å². The number of anilines is 3. The summed E-state index contributed by atoms with van der Waals surface area (Å²) < 4.78 is 1.41. The third-order valence-corrected chi connectivity index (χ3v) is 3.69. The first kappa shape index (κ1) is 14.4. The fourth-order valence-electron chi connectivity index (χ4n) is 2.58. The number of fused-ring (bicyclic) bond motifs is 1. The summed E-state index contributed by atoms with van der Waals surface area (Å²) in [6.07, 6.45) is 1.56. The summed E-state index contributed by atoms with van der Waals surface area (Å²) in [5.74, 6) is 0.762. The van der Waals surface area contributed by atoms with Gasteiger partial charge in [0.25, 0.3) is 5.56 Å². The van der Waals surface area contributed by atoms with Crippen LogP contribution in [0.5, 0.6) is 0 Å². The number of nitrogens with one attached hydrogen (secondary N) is 1. The Labute approximate surface area is 128 Å². The maximum absolute atomic E-state index is 12.7. The van der Waals surface area contributed by atoms with Crippen LogP contribution in [0.3, 0.4) is 0 Å². The van der Waals surface area contributed by atoms with E-state index in [0.29, 0.717) is 23.9 Å². The molecule has 1 aliphatic heterocycles. The third-order valence-electron chi connectivity index (χ3n) is 3.69. The number of benzene rings is 1. The van der Waals surface area contributed by atoms with Crippen molar-refractivity contribution in [2.75, 3.05) is 35.8 Å². The molecule has 1 aromatic heterocycles. The van der Waals surface area contributed by atoms with E-state index >= 15 is 0 Å². The van der Waals surface area contributed by atoms with E-state index in [2.05, 4.69) is 10.3 Å². The monoisotopic (exact) mass is 301 g/mol. The Morgan fingerprint density at radius 1 is 1.27 bits per heavy atom. The average molecular weight is 301 g/mol. The minimum Gasteiger partial charge on any atom is -0.396 e. The van der Waals surface area contributed by atoms with Gasteiger partial charge in [-0.25, -0.2) is 4.57 Å². The van der Waals surface area contributed by atoms with Crippen molar-refractivity contribution in [2.24, 2.45) is 0 Å². The number of hydrogen-bond acceptors (Lipinski definition) is 6. The lowest BCUT2D eigenvalue weighted by atomic mass is 10.3. The number of para-hydroxylation sites is 1. The molecule has 0 radical (unpaired) electrons. The van der Waals surface area contributed by atoms with Crippen LogP contribution in [0.15, 0.2) is 35.1 Å². The predicted octanol–water partition coefficient (Wildman–Crippen LogP) is 0.777. The maximum Gasteiger partial charge on any atom is 0.285 e. The summed E-state index contributed by atoms with van der Waals surface area (Å²) in [4.78, 5) is 19.0. The highest BCUT2D eigenvalue weighted by molar-refractivity contribution is 5.71. The number of nitrogens with zero attached hydrogens (tertiary/aromatic N) is 3. The number of hydrogen-bond donors (Lipinski definition) is 3. The molecule has 0 aliphatic carbocycles. The van der Waals surface area contributed by atoms with Crippen molar-refractivity contribution in [3.63, 3.8) is 0 Å². The Bertz CT molecular complexity index is 714. The Morgan fingerprint density at radius 3 is 2.77 bits per heavy atom. The number of nitrogens with two attached hydrogens (primary N) is 1. The quantitative estimate of drug-likeness (QED) is 0.706. The van der Waals surface area contributed by atoms with E-state index in [1.807, 2.05) is 35.2 Å². The highest BCUT2D eigenvalue weighted by atomic mass is 16.2. The average Bonchev–Trinajstić information content (AvgIpc) is 2.92. The largest absolute Gasteiger partial charge is 0.396 e. The molecule has 2 aromatic rings. The van der Waals surface area contributed by atoms with Crippen LogP contribution in [0, 0.1) is 0 Å². The summed E-state index contributed by atoms with van der Waals surface area (Å²) in [5.41, 5.74) is 6.97. The van der Waals surface area contributed by atoms with Gasteiger partial charge in [-0.05, 0) is 25.0 Å². The summed E-state index contributed by atoms with van der Waals surface area (Å²) in [7, 11) is 0. The van der Waals surface area contributed by atoms with Gasteiger partial charge in [0.2, 0.25) is 5.95 Å². The van der Waals surface area contributed by atoms with E-state index < -0.39 is 0 Å². The van der Waals surface area contributed by atoms with Gasteiger partial charge in [0.1, 0.15) is 5.69 Å². The number of aromatic nitrogens is 2. The zero-order valence-electron chi connectivity index (χ0n) is 12.2. The van der Waals surface area contributed by atoms with Crippen molar-refractivity contribution in [3.8, 4) is 5.69 Å². The molecule has 0 saturated heterocycles. The predicted molar refractivity (Wildman–Crippen MR) is 86.4 cm³/mol. The fourth-order valence-corrected chi connectivity index (χ4v) is 2.58. The zero-order valence-corrected chi connectivity index (χ0v) is 12.2. The second kappa shape index (κ2) is 6.07. The molecule has 0 bridgehead atoms. The van der Waals surface area contributed by atoms with Crippen LogP contribution >= 0.6 is 0 Å². The number of rotatable bonds is 5. The molecule has 4 N–H and O–H groups in total. The molecule has 7 heteroatoms. The van der Waals surface area contributed by atoms with E-state index in [1.54, 1.807) is 0 Å². The lowest BCUT2D eigenvalue weighted by molar-refractivity contribution is 0.285. The van der Waals surface area contributed by atoms with Gasteiger partial charge in [-0.15, -0.1) is 0 Å². The second-order valence-corrected chi connectivity index (χ2v) is 5.17. The van der Waals surface area contributed by atoms with E-state index in [-0.39, 0.29) is 18.1 Å². The molecule has 0 amide bonds. The minimum atomic E-state index is -0.196. The summed E-state index contributed by atoms with van der Waals surface area (Å²) >= 11 is 0. The zero-order chi connectivity index (χ0) is 15.5. The molecular weight excluding hydrogens is 282 g/mol. The minimum absolute atomic E-state index is 0.166. The molecule has 0 spiro atoms. The Morgan fingerprint density at radius 2 is 2.05 bits per heavy atom. The van der Waals surface area contributed by atoms with Gasteiger partial charge in [-0.2, -0.15) is 4.98 Å². The molecule has 7 nitrogen and oxygen atoms in total. The van der Waals surface area contributed by atoms with Crippen LogP contribution in [0.25, 0.3) is 5.69 Å². The highest BCUT2D eigenvalue weighted by Gasteiger charge is 2.25. The van der Waals surface area contributed by atoms with Crippen LogP contribution in [0.1, 0.15) is 12.8 Å². The highest BCUT2D eigenvalue weighted by Crippen LogP contribution is 2.27. The van der Waals surface area contributed by atoms with Crippen molar-refractivity contribution in [1.82, 2.24) is 9.55 Å². The second-order valence-electron chi connectivity index (χ2n) is 5.17. The van der Waals surface area contributed by atoms with Crippen LogP contribution in [-0.4, -0.2) is 34.5 Å². The molecule has 0 unspecified atom stereocenters. The molecule has 2 heterocycles. The first-order valence-corrected chi connectivity index (χ1v) is 7.30. The first-order chi connectivity index (χ1) is 10.7. The topological polar surface area (TPSA) is 96.4 Å². The van der Waals surface area contributed by atoms with Gasteiger partial charge < -0.3 is 21.1 Å². The number of nitrogen functional groups attached to an aromatic ring is 1. The van der Waals surface area contributed by atoms with E-state index in [4.69, 9.17) is 10.8 Å². The lowest BCUT2D eigenvalue weighted by Crippen LogP contribution is -2.26. The molecule has 22 heavy (non-hydrogen) atoms. The molecule has 0 fully saturated rings. The molecule has 3 rings (SSSR count). The van der Waals surface area contributed by atoms with Crippen LogP contribution in [-0.2, 0) is 0 Å². The Kier molecular flexibility index (Phi) is 3.97. The van der Waals surface area contributed by atoms with E-state index in [0.717, 1.165) is 19.4 Å². The van der Waals surface area contributed by atoms with Gasteiger partial charge in [-0.3, -0.25) is 4.79 Å². The van der Waals surface area contributed by atoms with Gasteiger partial charge in [-0.1, -0.05) is 18.2 Å². The van der Waals surface area contributed by atoms with Gasteiger partial charge in [0, 0.05) is 13.2 Å². The van der Waals surface area contributed by atoms with Crippen molar-refractivity contribution in [2.45, 2.75) is 12.8 Å². The molecular formula is C15H19N5O2. The van der Waals surface area contributed by atoms with Crippen molar-refractivity contribution in [1.29, 1.82) is 0 Å². The summed E-state index contributed by atoms with van der Waals surface area (Å²) in [6.45, 7) is 1.42. The number of unbranched alkanes of at least 4 members (excludes halogenated alkanes) is 1. The van der Waals surface area contributed by atoms with Crippen molar-refractivity contribution >= 4 is 17.5 Å². The van der Waals surface area contributed by atoms with Crippen molar-refractivity contribution < 1.29 is 5.11 Å².